The summed E-state index contributed by atoms with van der Waals surface area (Å²) in [6, 6.07) is 20.4. The molecule has 0 heterocycles. The van der Waals surface area contributed by atoms with Gasteiger partial charge < -0.3 is 4.90 Å². The summed E-state index contributed by atoms with van der Waals surface area (Å²) in [5.74, 6) is 0.358. The van der Waals surface area contributed by atoms with Crippen molar-refractivity contribution in [3.05, 3.63) is 90.2 Å². The van der Waals surface area contributed by atoms with Gasteiger partial charge in [-0.2, -0.15) is 5.10 Å². The van der Waals surface area contributed by atoms with E-state index in [1.165, 1.54) is 5.70 Å². The van der Waals surface area contributed by atoms with E-state index < -0.39 is 0 Å². The molecule has 3 rings (SSSR count). The maximum absolute atomic E-state index is 4.71. The number of hydrogen-bond acceptors (Lipinski definition) is 3. The number of hydrogen-bond donors (Lipinski definition) is 1. The Labute approximate surface area is 144 Å². The number of para-hydroxylation sites is 1. The normalized spacial score (nSPS) is 16.8. The quantitative estimate of drug-likeness (QED) is 0.626. The molecule has 122 valence electrons. The summed E-state index contributed by atoms with van der Waals surface area (Å²) >= 11 is 0. The van der Waals surface area contributed by atoms with Gasteiger partial charge in [0, 0.05) is 32.1 Å². The van der Waals surface area contributed by atoms with Gasteiger partial charge >= 0.3 is 0 Å². The Morgan fingerprint density at radius 1 is 1.00 bits per heavy atom. The van der Waals surface area contributed by atoms with Gasteiger partial charge in [0.15, 0.2) is 0 Å². The van der Waals surface area contributed by atoms with Crippen molar-refractivity contribution in [2.24, 2.45) is 11.0 Å². The fraction of sp³-hybridized carbons (Fsp3) is 0.190. The zero-order chi connectivity index (χ0) is 16.8. The van der Waals surface area contributed by atoms with Crippen LogP contribution in [0.5, 0.6) is 0 Å². The lowest BCUT2D eigenvalue weighted by Crippen LogP contribution is -2.19. The van der Waals surface area contributed by atoms with Crippen LogP contribution in [-0.4, -0.2) is 24.7 Å². The summed E-state index contributed by atoms with van der Waals surface area (Å²) in [6.07, 6.45) is 7.42. The van der Waals surface area contributed by atoms with Crippen molar-refractivity contribution in [3.63, 3.8) is 0 Å². The van der Waals surface area contributed by atoms with Crippen LogP contribution in [0.4, 0.5) is 5.69 Å². The summed E-state index contributed by atoms with van der Waals surface area (Å²) in [5, 5.41) is 4.71. The van der Waals surface area contributed by atoms with Gasteiger partial charge in [-0.15, -0.1) is 0 Å². The van der Waals surface area contributed by atoms with Crippen LogP contribution in [0.3, 0.4) is 0 Å². The van der Waals surface area contributed by atoms with E-state index in [2.05, 4.69) is 66.9 Å². The fourth-order valence-corrected chi connectivity index (χ4v) is 2.88. The third-order valence-electron chi connectivity index (χ3n) is 4.12. The zero-order valence-electron chi connectivity index (χ0n) is 14.2. The monoisotopic (exact) mass is 317 g/mol. The molecule has 0 bridgehead atoms. The number of allylic oxidation sites excluding steroid dienone is 3. The number of nitrogens with one attached hydrogen (secondary N) is 1. The lowest BCUT2D eigenvalue weighted by molar-refractivity contribution is 0.460. The van der Waals surface area contributed by atoms with Crippen LogP contribution in [0.1, 0.15) is 12.0 Å². The van der Waals surface area contributed by atoms with Gasteiger partial charge in [0.2, 0.25) is 0 Å². The van der Waals surface area contributed by atoms with Crippen LogP contribution in [0.2, 0.25) is 0 Å². The highest BCUT2D eigenvalue weighted by Gasteiger charge is 2.19. The van der Waals surface area contributed by atoms with E-state index in [4.69, 9.17) is 5.10 Å². The Morgan fingerprint density at radius 2 is 1.67 bits per heavy atom. The largest absolute Gasteiger partial charge is 0.380 e. The van der Waals surface area contributed by atoms with Crippen molar-refractivity contribution in [1.29, 1.82) is 0 Å². The molecule has 0 aliphatic heterocycles. The Morgan fingerprint density at radius 3 is 2.33 bits per heavy atom. The molecule has 1 unspecified atom stereocenters. The molecule has 1 atom stereocenters. The van der Waals surface area contributed by atoms with Crippen LogP contribution >= 0.6 is 0 Å². The highest BCUT2D eigenvalue weighted by molar-refractivity contribution is 6.01. The molecule has 0 saturated heterocycles. The van der Waals surface area contributed by atoms with E-state index >= 15 is 0 Å². The molecular formula is C21H23N3. The maximum atomic E-state index is 4.71. The first kappa shape index (κ1) is 16.1. The molecule has 0 spiro atoms. The standard InChI is InChI=1S/C21H23N3/c1-24(2)21-15-9-12-18(21)16-20(17-10-5-3-6-11-17)23-22-19-13-7-4-8-14-19/h3-15,18,22H,16H2,1-2H3. The predicted octanol–water partition coefficient (Wildman–Crippen LogP) is 4.52. The van der Waals surface area contributed by atoms with Crippen LogP contribution in [0, 0.1) is 5.92 Å². The van der Waals surface area contributed by atoms with Gasteiger partial charge in [-0.3, -0.25) is 5.43 Å². The summed E-state index contributed by atoms with van der Waals surface area (Å²) in [4.78, 5) is 2.18. The van der Waals surface area contributed by atoms with Gasteiger partial charge in [-0.1, -0.05) is 60.7 Å². The topological polar surface area (TPSA) is 27.6 Å². The molecule has 2 aromatic rings. The maximum Gasteiger partial charge on any atom is 0.0689 e. The van der Waals surface area contributed by atoms with Gasteiger partial charge in [0.25, 0.3) is 0 Å². The Bertz CT molecular complexity index is 743. The molecule has 0 saturated carbocycles. The third-order valence-corrected chi connectivity index (χ3v) is 4.12. The first-order valence-electron chi connectivity index (χ1n) is 8.23. The van der Waals surface area contributed by atoms with Gasteiger partial charge in [0.1, 0.15) is 0 Å². The van der Waals surface area contributed by atoms with E-state index in [0.29, 0.717) is 5.92 Å². The van der Waals surface area contributed by atoms with Crippen molar-refractivity contribution in [2.45, 2.75) is 6.42 Å². The fourth-order valence-electron chi connectivity index (χ4n) is 2.88. The van der Waals surface area contributed by atoms with E-state index in [9.17, 15) is 0 Å². The molecule has 0 radical (unpaired) electrons. The van der Waals surface area contributed by atoms with E-state index in [1.807, 2.05) is 36.4 Å². The first-order valence-corrected chi connectivity index (χ1v) is 8.23. The smallest absolute Gasteiger partial charge is 0.0689 e. The molecule has 3 nitrogen and oxygen atoms in total. The minimum absolute atomic E-state index is 0.358. The molecule has 1 N–H and O–H groups in total. The van der Waals surface area contributed by atoms with Crippen molar-refractivity contribution in [3.8, 4) is 0 Å². The van der Waals surface area contributed by atoms with Crippen LogP contribution in [-0.2, 0) is 0 Å². The molecule has 3 heteroatoms. The van der Waals surface area contributed by atoms with Crippen LogP contribution in [0.25, 0.3) is 0 Å². The molecule has 0 amide bonds. The highest BCUT2D eigenvalue weighted by Crippen LogP contribution is 2.26. The van der Waals surface area contributed by atoms with Crippen molar-refractivity contribution >= 4 is 11.4 Å². The summed E-state index contributed by atoms with van der Waals surface area (Å²) < 4.78 is 0. The van der Waals surface area contributed by atoms with E-state index in [-0.39, 0.29) is 0 Å². The van der Waals surface area contributed by atoms with Gasteiger partial charge in [0.05, 0.1) is 11.4 Å². The van der Waals surface area contributed by atoms with Gasteiger partial charge in [-0.05, 0) is 23.8 Å². The molecule has 0 aromatic heterocycles. The molecular weight excluding hydrogens is 294 g/mol. The van der Waals surface area contributed by atoms with Crippen molar-refractivity contribution in [2.75, 3.05) is 19.5 Å². The summed E-state index contributed by atoms with van der Waals surface area (Å²) in [6.45, 7) is 0. The number of anilines is 1. The number of benzene rings is 2. The summed E-state index contributed by atoms with van der Waals surface area (Å²) in [5.41, 5.74) is 7.72. The summed E-state index contributed by atoms with van der Waals surface area (Å²) in [7, 11) is 4.18. The third kappa shape index (κ3) is 3.93. The van der Waals surface area contributed by atoms with Crippen LogP contribution < -0.4 is 5.43 Å². The Kier molecular flexibility index (Phi) is 5.12. The molecule has 24 heavy (non-hydrogen) atoms. The van der Waals surface area contributed by atoms with Gasteiger partial charge in [-0.25, -0.2) is 0 Å². The SMILES string of the molecule is CN(C)C1=CC=CC1CC(=NNc1ccccc1)c1ccccc1. The second-order valence-corrected chi connectivity index (χ2v) is 6.08. The second-order valence-electron chi connectivity index (χ2n) is 6.08. The second kappa shape index (κ2) is 7.64. The molecule has 1 aliphatic rings. The highest BCUT2D eigenvalue weighted by atomic mass is 15.3. The Balaban J connectivity index is 1.83. The van der Waals surface area contributed by atoms with E-state index in [0.717, 1.165) is 23.4 Å². The molecule has 2 aromatic carbocycles. The lowest BCUT2D eigenvalue weighted by atomic mass is 9.96. The predicted molar refractivity (Wildman–Crippen MR) is 102 cm³/mol. The van der Waals surface area contributed by atoms with Crippen molar-refractivity contribution in [1.82, 2.24) is 4.90 Å². The van der Waals surface area contributed by atoms with Crippen molar-refractivity contribution < 1.29 is 0 Å². The average molecular weight is 317 g/mol. The molecule has 0 fully saturated rings. The average Bonchev–Trinajstić information content (AvgIpc) is 3.09. The zero-order valence-corrected chi connectivity index (χ0v) is 14.2. The van der Waals surface area contributed by atoms with Crippen LogP contribution in [0.15, 0.2) is 89.7 Å². The number of nitrogens with zero attached hydrogens (tertiary/aromatic N) is 2. The molecule has 1 aliphatic carbocycles. The lowest BCUT2D eigenvalue weighted by Gasteiger charge is -2.22. The number of rotatable bonds is 6. The first-order chi connectivity index (χ1) is 11.7. The number of hydrazone groups is 1. The Hall–Kier alpha value is -2.81. The minimum atomic E-state index is 0.358. The van der Waals surface area contributed by atoms with E-state index in [1.54, 1.807) is 0 Å². The minimum Gasteiger partial charge on any atom is -0.380 e.